The smallest absolute Gasteiger partial charge is 0.291 e. The van der Waals surface area contributed by atoms with E-state index in [1.807, 2.05) is 38.1 Å². The summed E-state index contributed by atoms with van der Waals surface area (Å²) in [6, 6.07) is 3.69. The van der Waals surface area contributed by atoms with Gasteiger partial charge in [-0.25, -0.2) is 4.98 Å². The van der Waals surface area contributed by atoms with Crippen molar-refractivity contribution in [1.29, 1.82) is 0 Å². The number of amides is 1. The topological polar surface area (TPSA) is 87.1 Å². The molecule has 0 saturated carbocycles. The van der Waals surface area contributed by atoms with E-state index in [1.54, 1.807) is 6.26 Å². The Bertz CT molecular complexity index is 547. The normalized spacial score (nSPS) is 12.6. The maximum atomic E-state index is 12.0. The van der Waals surface area contributed by atoms with Gasteiger partial charge in [-0.2, -0.15) is 0 Å². The molecule has 1 atom stereocenters. The predicted octanol–water partition coefficient (Wildman–Crippen LogP) is 0.993. The van der Waals surface area contributed by atoms with E-state index < -0.39 is 0 Å². The van der Waals surface area contributed by atoms with Crippen molar-refractivity contribution in [2.75, 3.05) is 20.6 Å². The zero-order valence-corrected chi connectivity index (χ0v) is 11.9. The largest absolute Gasteiger partial charge is 0.468 e. The fraction of sp³-hybridized carbons (Fsp3) is 0.462. The minimum Gasteiger partial charge on any atom is -0.468 e. The molecule has 0 saturated heterocycles. The van der Waals surface area contributed by atoms with E-state index in [1.165, 1.54) is 0 Å². The Kier molecular flexibility index (Phi) is 4.52. The summed E-state index contributed by atoms with van der Waals surface area (Å²) in [5, 5.41) is 9.43. The van der Waals surface area contributed by atoms with Gasteiger partial charge in [0.05, 0.1) is 12.3 Å². The number of H-pyrrole nitrogens is 1. The van der Waals surface area contributed by atoms with Crippen LogP contribution in [0.1, 0.15) is 35.2 Å². The Balaban J connectivity index is 1.97. The first kappa shape index (κ1) is 14.3. The van der Waals surface area contributed by atoms with E-state index >= 15 is 0 Å². The van der Waals surface area contributed by atoms with Gasteiger partial charge in [0.2, 0.25) is 5.82 Å². The van der Waals surface area contributed by atoms with Crippen molar-refractivity contribution in [3.05, 3.63) is 35.8 Å². The van der Waals surface area contributed by atoms with Crippen molar-refractivity contribution < 1.29 is 9.21 Å². The monoisotopic (exact) mass is 277 g/mol. The van der Waals surface area contributed by atoms with Gasteiger partial charge in [0.15, 0.2) is 0 Å². The Morgan fingerprint density at radius 2 is 2.35 bits per heavy atom. The minimum atomic E-state index is -0.292. The molecule has 2 N–H and O–H groups in total. The van der Waals surface area contributed by atoms with Crippen LogP contribution >= 0.6 is 0 Å². The molecule has 2 aromatic heterocycles. The molecule has 0 bridgehead atoms. The van der Waals surface area contributed by atoms with Crippen LogP contribution in [0.25, 0.3) is 0 Å². The van der Waals surface area contributed by atoms with E-state index in [-0.39, 0.29) is 17.8 Å². The van der Waals surface area contributed by atoms with Gasteiger partial charge in [-0.15, -0.1) is 5.10 Å². The first-order chi connectivity index (χ1) is 9.61. The molecule has 0 aromatic carbocycles. The molecule has 7 heteroatoms. The maximum Gasteiger partial charge on any atom is 0.291 e. The highest BCUT2D eigenvalue weighted by molar-refractivity contribution is 5.90. The lowest BCUT2D eigenvalue weighted by atomic mass is 10.2. The molecule has 0 aliphatic heterocycles. The first-order valence-corrected chi connectivity index (χ1v) is 6.51. The summed E-state index contributed by atoms with van der Waals surface area (Å²) < 4.78 is 5.39. The van der Waals surface area contributed by atoms with E-state index in [2.05, 4.69) is 20.5 Å². The summed E-state index contributed by atoms with van der Waals surface area (Å²) in [6.45, 7) is 2.37. The quantitative estimate of drug-likeness (QED) is 0.822. The second-order valence-corrected chi connectivity index (χ2v) is 4.66. The Labute approximate surface area is 117 Å². The zero-order valence-electron chi connectivity index (χ0n) is 11.9. The van der Waals surface area contributed by atoms with Crippen LogP contribution in [0, 0.1) is 0 Å². The number of nitrogens with zero attached hydrogens (tertiary/aromatic N) is 3. The van der Waals surface area contributed by atoms with Crippen LogP contribution < -0.4 is 5.32 Å². The SMILES string of the molecule is CCc1nc(C(=O)NCC(c2ccco2)N(C)C)n[nH]1. The fourth-order valence-corrected chi connectivity index (χ4v) is 1.84. The third-order valence-corrected chi connectivity index (χ3v) is 3.02. The molecular formula is C13H19N5O2. The summed E-state index contributed by atoms with van der Waals surface area (Å²) in [7, 11) is 3.86. The highest BCUT2D eigenvalue weighted by atomic mass is 16.3. The number of carbonyl (C=O) groups is 1. The summed E-state index contributed by atoms with van der Waals surface area (Å²) in [5.41, 5.74) is 0. The lowest BCUT2D eigenvalue weighted by Crippen LogP contribution is -2.34. The zero-order chi connectivity index (χ0) is 14.5. The summed E-state index contributed by atoms with van der Waals surface area (Å²) in [6.07, 6.45) is 2.34. The Hall–Kier alpha value is -2.15. The van der Waals surface area contributed by atoms with Crippen LogP contribution in [0.2, 0.25) is 0 Å². The molecule has 0 aliphatic rings. The van der Waals surface area contributed by atoms with Crippen molar-refractivity contribution in [1.82, 2.24) is 25.4 Å². The maximum absolute atomic E-state index is 12.0. The standard InChI is InChI=1S/C13H19N5O2/c1-4-11-15-12(17-16-11)13(19)14-8-9(18(2)3)10-6-5-7-20-10/h5-7,9H,4,8H2,1-3H3,(H,14,19)(H,15,16,17). The van der Waals surface area contributed by atoms with Crippen molar-refractivity contribution in [3.63, 3.8) is 0 Å². The van der Waals surface area contributed by atoms with Gasteiger partial charge >= 0.3 is 0 Å². The Morgan fingerprint density at radius 3 is 2.90 bits per heavy atom. The number of aromatic nitrogens is 3. The number of carbonyl (C=O) groups excluding carboxylic acids is 1. The highest BCUT2D eigenvalue weighted by Crippen LogP contribution is 2.17. The minimum absolute atomic E-state index is 0.0291. The van der Waals surface area contributed by atoms with Gasteiger partial charge in [-0.05, 0) is 26.2 Å². The van der Waals surface area contributed by atoms with Crippen LogP contribution in [-0.2, 0) is 6.42 Å². The lowest BCUT2D eigenvalue weighted by Gasteiger charge is -2.22. The van der Waals surface area contributed by atoms with E-state index in [0.717, 1.165) is 5.76 Å². The van der Waals surface area contributed by atoms with Gasteiger partial charge in [0, 0.05) is 13.0 Å². The predicted molar refractivity (Wildman–Crippen MR) is 73.2 cm³/mol. The molecule has 2 heterocycles. The van der Waals surface area contributed by atoms with Crippen LogP contribution in [-0.4, -0.2) is 46.6 Å². The molecule has 2 rings (SSSR count). The van der Waals surface area contributed by atoms with Gasteiger partial charge in [-0.1, -0.05) is 6.92 Å². The summed E-state index contributed by atoms with van der Waals surface area (Å²) in [4.78, 5) is 18.0. The molecular weight excluding hydrogens is 258 g/mol. The van der Waals surface area contributed by atoms with Crippen molar-refractivity contribution in [2.24, 2.45) is 0 Å². The number of aromatic amines is 1. The average molecular weight is 277 g/mol. The number of hydrogen-bond acceptors (Lipinski definition) is 5. The molecule has 0 spiro atoms. The van der Waals surface area contributed by atoms with E-state index in [9.17, 15) is 4.79 Å². The lowest BCUT2D eigenvalue weighted by molar-refractivity contribution is 0.0929. The molecule has 7 nitrogen and oxygen atoms in total. The third-order valence-electron chi connectivity index (χ3n) is 3.02. The van der Waals surface area contributed by atoms with Crippen LogP contribution in [0.15, 0.2) is 22.8 Å². The molecule has 108 valence electrons. The van der Waals surface area contributed by atoms with Gasteiger partial charge in [-0.3, -0.25) is 14.8 Å². The molecule has 1 amide bonds. The van der Waals surface area contributed by atoms with Gasteiger partial charge in [0.1, 0.15) is 11.6 Å². The first-order valence-electron chi connectivity index (χ1n) is 6.51. The molecule has 0 aliphatic carbocycles. The second-order valence-electron chi connectivity index (χ2n) is 4.66. The van der Waals surface area contributed by atoms with Crippen LogP contribution in [0.4, 0.5) is 0 Å². The fourth-order valence-electron chi connectivity index (χ4n) is 1.84. The number of likely N-dealkylation sites (N-methyl/N-ethyl adjacent to an activating group) is 1. The number of hydrogen-bond donors (Lipinski definition) is 2. The van der Waals surface area contributed by atoms with E-state index in [4.69, 9.17) is 4.42 Å². The van der Waals surface area contributed by atoms with E-state index in [0.29, 0.717) is 18.8 Å². The average Bonchev–Trinajstić information content (AvgIpc) is 3.09. The number of rotatable bonds is 6. The van der Waals surface area contributed by atoms with Gasteiger partial charge in [0.25, 0.3) is 5.91 Å². The number of aryl methyl sites for hydroxylation is 1. The summed E-state index contributed by atoms with van der Waals surface area (Å²) >= 11 is 0. The molecule has 20 heavy (non-hydrogen) atoms. The second kappa shape index (κ2) is 6.33. The number of furan rings is 1. The van der Waals surface area contributed by atoms with Crippen molar-refractivity contribution in [2.45, 2.75) is 19.4 Å². The summed E-state index contributed by atoms with van der Waals surface area (Å²) in [5.74, 6) is 1.38. The van der Waals surface area contributed by atoms with Crippen molar-refractivity contribution in [3.8, 4) is 0 Å². The number of nitrogens with one attached hydrogen (secondary N) is 2. The highest BCUT2D eigenvalue weighted by Gasteiger charge is 2.19. The Morgan fingerprint density at radius 1 is 1.55 bits per heavy atom. The van der Waals surface area contributed by atoms with Crippen LogP contribution in [0.3, 0.4) is 0 Å². The molecule has 1 unspecified atom stereocenters. The molecule has 0 radical (unpaired) electrons. The molecule has 2 aromatic rings. The molecule has 0 fully saturated rings. The third kappa shape index (κ3) is 3.24. The van der Waals surface area contributed by atoms with Crippen molar-refractivity contribution >= 4 is 5.91 Å². The van der Waals surface area contributed by atoms with Gasteiger partial charge < -0.3 is 9.73 Å². The van der Waals surface area contributed by atoms with Crippen LogP contribution in [0.5, 0.6) is 0 Å².